The number of benzene rings is 1. The maximum absolute atomic E-state index is 13.6. The zero-order chi connectivity index (χ0) is 17.8. The largest absolute Gasteiger partial charge is 0.337 e. The summed E-state index contributed by atoms with van der Waals surface area (Å²) in [7, 11) is 0. The molecule has 2 aromatic rings. The Bertz CT molecular complexity index is 784. The number of rotatable bonds is 3. The molecule has 5 nitrogen and oxygen atoms in total. The highest BCUT2D eigenvalue weighted by atomic mass is 19.1. The van der Waals surface area contributed by atoms with E-state index in [0.29, 0.717) is 13.1 Å². The molecule has 0 radical (unpaired) electrons. The molecule has 0 atom stereocenters. The number of likely N-dealkylation sites (tertiary alicyclic amines) is 1. The zero-order valence-corrected chi connectivity index (χ0v) is 13.5. The van der Waals surface area contributed by atoms with Crippen LogP contribution in [-0.4, -0.2) is 34.8 Å². The summed E-state index contributed by atoms with van der Waals surface area (Å²) in [6, 6.07) is 7.73. The Hall–Kier alpha value is -2.83. The standard InChI is InChI=1S/C18H17F2N3O2/c19-12-6-4-7-13(20)16(12)22-17(24)14-8-5-9-15(21-14)18(25)23-10-2-1-3-11-23/h4-9H,1-3,10-11H2,(H,22,24). The van der Waals surface area contributed by atoms with Crippen molar-refractivity contribution in [1.82, 2.24) is 9.88 Å². The number of para-hydroxylation sites is 1. The SMILES string of the molecule is O=C(Nc1c(F)cccc1F)c1cccc(C(=O)N2CCCCC2)n1. The number of amides is 2. The monoisotopic (exact) mass is 345 g/mol. The van der Waals surface area contributed by atoms with Crippen LogP contribution in [0.2, 0.25) is 0 Å². The van der Waals surface area contributed by atoms with Crippen LogP contribution in [0.5, 0.6) is 0 Å². The van der Waals surface area contributed by atoms with E-state index in [1.54, 1.807) is 4.90 Å². The Morgan fingerprint density at radius 3 is 2.20 bits per heavy atom. The van der Waals surface area contributed by atoms with E-state index in [2.05, 4.69) is 10.3 Å². The van der Waals surface area contributed by atoms with Crippen LogP contribution in [-0.2, 0) is 0 Å². The van der Waals surface area contributed by atoms with E-state index in [9.17, 15) is 18.4 Å². The Morgan fingerprint density at radius 1 is 0.920 bits per heavy atom. The van der Waals surface area contributed by atoms with Crippen LogP contribution >= 0.6 is 0 Å². The molecule has 3 rings (SSSR count). The summed E-state index contributed by atoms with van der Waals surface area (Å²) in [6.45, 7) is 1.33. The molecule has 1 aliphatic rings. The molecule has 0 aliphatic carbocycles. The van der Waals surface area contributed by atoms with E-state index >= 15 is 0 Å². The van der Waals surface area contributed by atoms with Gasteiger partial charge < -0.3 is 10.2 Å². The van der Waals surface area contributed by atoms with E-state index in [4.69, 9.17) is 0 Å². The molecule has 2 amide bonds. The Morgan fingerprint density at radius 2 is 1.52 bits per heavy atom. The highest BCUT2D eigenvalue weighted by Gasteiger charge is 2.21. The van der Waals surface area contributed by atoms with Gasteiger partial charge in [0, 0.05) is 13.1 Å². The van der Waals surface area contributed by atoms with Crippen molar-refractivity contribution in [3.05, 3.63) is 59.4 Å². The van der Waals surface area contributed by atoms with E-state index in [-0.39, 0.29) is 17.3 Å². The van der Waals surface area contributed by atoms with E-state index in [1.807, 2.05) is 0 Å². The molecule has 7 heteroatoms. The number of carbonyl (C=O) groups is 2. The van der Waals surface area contributed by atoms with Crippen LogP contribution < -0.4 is 5.32 Å². The number of nitrogens with one attached hydrogen (secondary N) is 1. The maximum atomic E-state index is 13.6. The quantitative estimate of drug-likeness (QED) is 0.929. The first kappa shape index (κ1) is 17.0. The molecular weight excluding hydrogens is 328 g/mol. The van der Waals surface area contributed by atoms with Gasteiger partial charge in [-0.3, -0.25) is 9.59 Å². The predicted molar refractivity (Wildman–Crippen MR) is 88.3 cm³/mol. The van der Waals surface area contributed by atoms with Gasteiger partial charge in [-0.2, -0.15) is 0 Å². The molecule has 1 N–H and O–H groups in total. The van der Waals surface area contributed by atoms with Gasteiger partial charge >= 0.3 is 0 Å². The Balaban J connectivity index is 1.78. The number of piperidine rings is 1. The molecule has 0 unspecified atom stereocenters. The fourth-order valence-electron chi connectivity index (χ4n) is 2.73. The normalized spacial score (nSPS) is 14.2. The van der Waals surface area contributed by atoms with Gasteiger partial charge in [0.2, 0.25) is 0 Å². The van der Waals surface area contributed by atoms with E-state index < -0.39 is 23.2 Å². The molecule has 130 valence electrons. The van der Waals surface area contributed by atoms with Gasteiger partial charge in [0.1, 0.15) is 28.7 Å². The molecular formula is C18H17F2N3O2. The summed E-state index contributed by atoms with van der Waals surface area (Å²) in [5.74, 6) is -2.79. The first-order chi connectivity index (χ1) is 12.1. The average molecular weight is 345 g/mol. The summed E-state index contributed by atoms with van der Waals surface area (Å²) >= 11 is 0. The lowest BCUT2D eigenvalue weighted by molar-refractivity contribution is 0.0718. The number of hydrogen-bond acceptors (Lipinski definition) is 3. The number of halogens is 2. The van der Waals surface area contributed by atoms with Crippen molar-refractivity contribution >= 4 is 17.5 Å². The highest BCUT2D eigenvalue weighted by Crippen LogP contribution is 2.19. The third kappa shape index (κ3) is 3.81. The van der Waals surface area contributed by atoms with Crippen LogP contribution in [0.3, 0.4) is 0 Å². The third-order valence-corrected chi connectivity index (χ3v) is 4.05. The summed E-state index contributed by atoms with van der Waals surface area (Å²) in [6.07, 6.45) is 2.98. The van der Waals surface area contributed by atoms with Gasteiger partial charge in [-0.25, -0.2) is 13.8 Å². The topological polar surface area (TPSA) is 62.3 Å². The lowest BCUT2D eigenvalue weighted by Gasteiger charge is -2.26. The molecule has 0 saturated carbocycles. The minimum atomic E-state index is -0.881. The van der Waals surface area contributed by atoms with E-state index in [1.165, 1.54) is 24.3 Å². The Labute approximate surface area is 143 Å². The number of pyridine rings is 1. The zero-order valence-electron chi connectivity index (χ0n) is 13.5. The fraction of sp³-hybridized carbons (Fsp3) is 0.278. The van der Waals surface area contributed by atoms with Crippen molar-refractivity contribution in [1.29, 1.82) is 0 Å². The van der Waals surface area contributed by atoms with Crippen LogP contribution in [0.4, 0.5) is 14.5 Å². The third-order valence-electron chi connectivity index (χ3n) is 4.05. The molecule has 1 aromatic heterocycles. The van der Waals surface area contributed by atoms with Crippen molar-refractivity contribution in [2.45, 2.75) is 19.3 Å². The maximum Gasteiger partial charge on any atom is 0.274 e. The molecule has 1 aliphatic heterocycles. The molecule has 1 saturated heterocycles. The molecule has 2 heterocycles. The number of carbonyl (C=O) groups excluding carboxylic acids is 2. The first-order valence-electron chi connectivity index (χ1n) is 8.08. The van der Waals surface area contributed by atoms with Crippen molar-refractivity contribution < 1.29 is 18.4 Å². The smallest absolute Gasteiger partial charge is 0.274 e. The number of nitrogens with zero attached hydrogens (tertiary/aromatic N) is 2. The van der Waals surface area contributed by atoms with Crippen molar-refractivity contribution in [2.75, 3.05) is 18.4 Å². The highest BCUT2D eigenvalue weighted by molar-refractivity contribution is 6.04. The second-order valence-electron chi connectivity index (χ2n) is 5.81. The lowest BCUT2D eigenvalue weighted by Crippen LogP contribution is -2.36. The minimum absolute atomic E-state index is 0.0782. The van der Waals surface area contributed by atoms with Gasteiger partial charge in [-0.1, -0.05) is 12.1 Å². The van der Waals surface area contributed by atoms with Crippen LogP contribution in [0.15, 0.2) is 36.4 Å². The fourth-order valence-corrected chi connectivity index (χ4v) is 2.73. The van der Waals surface area contributed by atoms with Crippen LogP contribution in [0.25, 0.3) is 0 Å². The van der Waals surface area contributed by atoms with Gasteiger partial charge in [-0.05, 0) is 43.5 Å². The number of hydrogen-bond donors (Lipinski definition) is 1. The average Bonchev–Trinajstić information content (AvgIpc) is 2.65. The Kier molecular flexibility index (Phi) is 5.02. The minimum Gasteiger partial charge on any atom is -0.337 e. The molecule has 1 aromatic carbocycles. The molecule has 1 fully saturated rings. The van der Waals surface area contributed by atoms with Gasteiger partial charge in [-0.15, -0.1) is 0 Å². The summed E-state index contributed by atoms with van der Waals surface area (Å²) < 4.78 is 27.3. The molecule has 0 bridgehead atoms. The second kappa shape index (κ2) is 7.38. The van der Waals surface area contributed by atoms with Crippen molar-refractivity contribution in [3.63, 3.8) is 0 Å². The summed E-state index contributed by atoms with van der Waals surface area (Å²) in [5.41, 5.74) is -0.476. The van der Waals surface area contributed by atoms with Crippen molar-refractivity contribution in [2.24, 2.45) is 0 Å². The summed E-state index contributed by atoms with van der Waals surface area (Å²) in [4.78, 5) is 30.4. The van der Waals surface area contributed by atoms with Gasteiger partial charge in [0.25, 0.3) is 11.8 Å². The predicted octanol–water partition coefficient (Wildman–Crippen LogP) is 3.24. The number of anilines is 1. The molecule has 0 spiro atoms. The van der Waals surface area contributed by atoms with Crippen molar-refractivity contribution in [3.8, 4) is 0 Å². The van der Waals surface area contributed by atoms with Gasteiger partial charge in [0.05, 0.1) is 0 Å². The second-order valence-corrected chi connectivity index (χ2v) is 5.81. The number of aromatic nitrogens is 1. The first-order valence-corrected chi connectivity index (χ1v) is 8.08. The van der Waals surface area contributed by atoms with Crippen LogP contribution in [0, 0.1) is 11.6 Å². The van der Waals surface area contributed by atoms with Gasteiger partial charge in [0.15, 0.2) is 0 Å². The lowest BCUT2D eigenvalue weighted by atomic mass is 10.1. The van der Waals surface area contributed by atoms with Crippen LogP contribution in [0.1, 0.15) is 40.2 Å². The molecule has 25 heavy (non-hydrogen) atoms. The van der Waals surface area contributed by atoms with E-state index in [0.717, 1.165) is 31.4 Å². The summed E-state index contributed by atoms with van der Waals surface area (Å²) in [5, 5.41) is 2.16.